The summed E-state index contributed by atoms with van der Waals surface area (Å²) >= 11 is 3.24. The van der Waals surface area contributed by atoms with Crippen molar-refractivity contribution in [3.8, 4) is 0 Å². The van der Waals surface area contributed by atoms with Gasteiger partial charge in [-0.15, -0.1) is 0 Å². The third-order valence-corrected chi connectivity index (χ3v) is 4.56. The van der Waals surface area contributed by atoms with E-state index in [1.165, 1.54) is 9.12 Å². The fourth-order valence-electron chi connectivity index (χ4n) is 1.18. The maximum Gasteiger partial charge on any atom is 0.161 e. The van der Waals surface area contributed by atoms with E-state index >= 15 is 0 Å². The van der Waals surface area contributed by atoms with E-state index in [9.17, 15) is 13.2 Å². The van der Waals surface area contributed by atoms with Crippen molar-refractivity contribution in [2.75, 3.05) is 4.72 Å². The molecule has 0 spiro atoms. The summed E-state index contributed by atoms with van der Waals surface area (Å²) in [4.78, 5) is 0.836. The zero-order valence-electron chi connectivity index (χ0n) is 8.66. The van der Waals surface area contributed by atoms with Crippen LogP contribution in [-0.2, 0) is 0 Å². The average molecular weight is 402 g/mol. The third-order valence-electron chi connectivity index (χ3n) is 2.01. The SMILES string of the molecule is Fc1cc(F)c(NSc2ccn(SI)c2)cc1F. The molecule has 8 heteroatoms. The normalized spacial score (nSPS) is 10.7. The largest absolute Gasteiger partial charge is 0.323 e. The van der Waals surface area contributed by atoms with E-state index in [4.69, 9.17) is 0 Å². The average Bonchev–Trinajstić information content (AvgIpc) is 2.80. The van der Waals surface area contributed by atoms with E-state index in [1.54, 1.807) is 0 Å². The fourth-order valence-corrected chi connectivity index (χ4v) is 2.92. The number of nitrogens with zero attached hydrogens (tertiary/aromatic N) is 1. The van der Waals surface area contributed by atoms with Crippen LogP contribution in [-0.4, -0.2) is 3.97 Å². The number of hydrogen-bond donors (Lipinski definition) is 1. The van der Waals surface area contributed by atoms with Gasteiger partial charge in [0.2, 0.25) is 0 Å². The summed E-state index contributed by atoms with van der Waals surface area (Å²) in [5.41, 5.74) is -0.0891. The van der Waals surface area contributed by atoms with E-state index in [0.29, 0.717) is 6.07 Å². The molecule has 2 nitrogen and oxygen atoms in total. The Morgan fingerprint density at radius 1 is 1.11 bits per heavy atom. The van der Waals surface area contributed by atoms with Gasteiger partial charge in [0.15, 0.2) is 11.6 Å². The van der Waals surface area contributed by atoms with Crippen molar-refractivity contribution >= 4 is 48.0 Å². The van der Waals surface area contributed by atoms with Crippen LogP contribution in [0.2, 0.25) is 0 Å². The Labute approximate surface area is 122 Å². The van der Waals surface area contributed by atoms with Crippen LogP contribution in [0.5, 0.6) is 0 Å². The first-order valence-electron chi connectivity index (χ1n) is 4.64. The summed E-state index contributed by atoms with van der Waals surface area (Å²) in [6, 6.07) is 3.13. The van der Waals surface area contributed by atoms with Crippen molar-refractivity contribution in [1.29, 1.82) is 0 Å². The van der Waals surface area contributed by atoms with Crippen LogP contribution < -0.4 is 4.72 Å². The van der Waals surface area contributed by atoms with Crippen molar-refractivity contribution in [1.82, 2.24) is 3.97 Å². The Bertz CT molecular complexity index is 562. The summed E-state index contributed by atoms with van der Waals surface area (Å²) in [6.07, 6.45) is 3.66. The maximum atomic E-state index is 13.3. The molecule has 0 aliphatic rings. The minimum absolute atomic E-state index is 0.0891. The van der Waals surface area contributed by atoms with Gasteiger partial charge in [0.25, 0.3) is 0 Å². The number of aromatic nitrogens is 1. The van der Waals surface area contributed by atoms with Gasteiger partial charge in [-0.2, -0.15) is 0 Å². The summed E-state index contributed by atoms with van der Waals surface area (Å²) < 4.78 is 43.5. The molecule has 2 rings (SSSR count). The molecular weight excluding hydrogens is 396 g/mol. The first kappa shape index (κ1) is 13.9. The van der Waals surface area contributed by atoms with Crippen molar-refractivity contribution < 1.29 is 13.2 Å². The van der Waals surface area contributed by atoms with Crippen LogP contribution in [0, 0.1) is 17.5 Å². The van der Waals surface area contributed by atoms with Gasteiger partial charge in [-0.1, -0.05) is 0 Å². The highest BCUT2D eigenvalue weighted by Gasteiger charge is 2.10. The molecule has 0 bridgehead atoms. The standard InChI is InChI=1S/C10H6F3IN2S2/c11-7-3-9(13)10(4-8(7)12)15-17-6-1-2-16(5-6)18-14/h1-5,15H. The van der Waals surface area contributed by atoms with Gasteiger partial charge < -0.3 is 4.72 Å². The van der Waals surface area contributed by atoms with E-state index in [0.717, 1.165) is 22.9 Å². The van der Waals surface area contributed by atoms with E-state index in [1.807, 2.05) is 22.4 Å². The monoisotopic (exact) mass is 402 g/mol. The number of halogens is 4. The molecule has 96 valence electrons. The van der Waals surface area contributed by atoms with Crippen LogP contribution in [0.1, 0.15) is 0 Å². The lowest BCUT2D eigenvalue weighted by Crippen LogP contribution is -1.94. The third kappa shape index (κ3) is 3.29. The summed E-state index contributed by atoms with van der Waals surface area (Å²) in [5, 5.41) is 0. The van der Waals surface area contributed by atoms with Crippen molar-refractivity contribution in [2.45, 2.75) is 4.90 Å². The Morgan fingerprint density at radius 2 is 1.83 bits per heavy atom. The molecule has 0 amide bonds. The minimum Gasteiger partial charge on any atom is -0.323 e. The fraction of sp³-hybridized carbons (Fsp3) is 0. The van der Waals surface area contributed by atoms with E-state index in [2.05, 4.69) is 25.9 Å². The second kappa shape index (κ2) is 6.11. The van der Waals surface area contributed by atoms with Gasteiger partial charge in [0, 0.05) is 59.7 Å². The van der Waals surface area contributed by atoms with Crippen LogP contribution in [0.15, 0.2) is 35.5 Å². The Morgan fingerprint density at radius 3 is 2.50 bits per heavy atom. The van der Waals surface area contributed by atoms with Crippen molar-refractivity contribution in [3.05, 3.63) is 48.0 Å². The van der Waals surface area contributed by atoms with E-state index in [-0.39, 0.29) is 5.69 Å². The smallest absolute Gasteiger partial charge is 0.161 e. The second-order valence-electron chi connectivity index (χ2n) is 3.23. The highest BCUT2D eigenvalue weighted by Crippen LogP contribution is 2.27. The summed E-state index contributed by atoms with van der Waals surface area (Å²) in [5.74, 6) is -3.11. The predicted octanol–water partition coefficient (Wildman–Crippen LogP) is 4.87. The maximum absolute atomic E-state index is 13.3. The van der Waals surface area contributed by atoms with Crippen molar-refractivity contribution in [3.63, 3.8) is 0 Å². The molecule has 1 N–H and O–H groups in total. The Kier molecular flexibility index (Phi) is 4.73. The lowest BCUT2D eigenvalue weighted by Gasteiger charge is -2.05. The first-order valence-corrected chi connectivity index (χ1v) is 8.78. The predicted molar refractivity (Wildman–Crippen MR) is 77.2 cm³/mol. The number of hydrogen-bond acceptors (Lipinski definition) is 3. The molecule has 0 aliphatic heterocycles. The zero-order chi connectivity index (χ0) is 13.1. The molecule has 1 aromatic heterocycles. The molecule has 0 saturated carbocycles. The number of benzene rings is 1. The molecule has 2 aromatic rings. The summed E-state index contributed by atoms with van der Waals surface area (Å²) in [6.45, 7) is 0. The molecule has 18 heavy (non-hydrogen) atoms. The van der Waals surface area contributed by atoms with Crippen LogP contribution >= 0.6 is 42.3 Å². The number of anilines is 1. The highest BCUT2D eigenvalue weighted by molar-refractivity contribution is 14.2. The van der Waals surface area contributed by atoms with Gasteiger partial charge in [0.1, 0.15) is 5.82 Å². The van der Waals surface area contributed by atoms with Gasteiger partial charge in [-0.05, 0) is 18.0 Å². The molecular formula is C10H6F3IN2S2. The molecule has 1 heterocycles. The Hall–Kier alpha value is -0.480. The van der Waals surface area contributed by atoms with E-state index < -0.39 is 17.5 Å². The molecule has 0 aliphatic carbocycles. The second-order valence-corrected chi connectivity index (χ2v) is 5.85. The van der Waals surface area contributed by atoms with Crippen LogP contribution in [0.25, 0.3) is 0 Å². The minimum atomic E-state index is -1.20. The molecule has 0 radical (unpaired) electrons. The topological polar surface area (TPSA) is 17.0 Å². The molecule has 0 unspecified atom stereocenters. The van der Waals surface area contributed by atoms with Gasteiger partial charge in [-0.3, -0.25) is 3.97 Å². The molecule has 0 fully saturated rings. The summed E-state index contributed by atoms with van der Waals surface area (Å²) in [7, 11) is 1.48. The van der Waals surface area contributed by atoms with Gasteiger partial charge in [0.05, 0.1) is 5.69 Å². The Balaban J connectivity index is 2.08. The molecule has 0 atom stereocenters. The quantitative estimate of drug-likeness (QED) is 0.447. The lowest BCUT2D eigenvalue weighted by molar-refractivity contribution is 0.496. The van der Waals surface area contributed by atoms with Gasteiger partial charge >= 0.3 is 0 Å². The number of rotatable bonds is 4. The van der Waals surface area contributed by atoms with Crippen molar-refractivity contribution in [2.24, 2.45) is 0 Å². The van der Waals surface area contributed by atoms with Gasteiger partial charge in [-0.25, -0.2) is 13.2 Å². The van der Waals surface area contributed by atoms with Crippen LogP contribution in [0.3, 0.4) is 0 Å². The highest BCUT2D eigenvalue weighted by atomic mass is 127. The van der Waals surface area contributed by atoms with Crippen LogP contribution in [0.4, 0.5) is 18.9 Å². The molecule has 0 saturated heterocycles. The number of nitrogens with one attached hydrogen (secondary N) is 1. The first-order chi connectivity index (χ1) is 8.60. The zero-order valence-corrected chi connectivity index (χ0v) is 12.5. The molecule has 1 aromatic carbocycles. The lowest BCUT2D eigenvalue weighted by atomic mass is 10.3.